The molecular weight excluding hydrogens is 340 g/mol. The van der Waals surface area contributed by atoms with Crippen molar-refractivity contribution in [3.05, 3.63) is 23.8 Å². The number of nitrogens with zero attached hydrogens (tertiary/aromatic N) is 1. The molecule has 1 aliphatic heterocycles. The summed E-state index contributed by atoms with van der Waals surface area (Å²) in [5.74, 6) is 1.67. The van der Waals surface area contributed by atoms with Crippen LogP contribution in [-0.2, 0) is 20.7 Å². The zero-order chi connectivity index (χ0) is 19.6. The summed E-state index contributed by atoms with van der Waals surface area (Å²) in [6, 6.07) is 5.72. The van der Waals surface area contributed by atoms with Crippen LogP contribution in [0.1, 0.15) is 52.5 Å². The molecule has 3 rings (SSSR count). The Morgan fingerprint density at radius 2 is 2.07 bits per heavy atom. The quantitative estimate of drug-likeness (QED) is 0.849. The zero-order valence-electron chi connectivity index (χ0n) is 17.0. The van der Waals surface area contributed by atoms with Gasteiger partial charge in [-0.05, 0) is 49.1 Å². The molecule has 1 fully saturated rings. The zero-order valence-corrected chi connectivity index (χ0v) is 17.0. The molecule has 2 amide bonds. The van der Waals surface area contributed by atoms with Gasteiger partial charge in [-0.1, -0.05) is 33.3 Å². The molecule has 5 heteroatoms. The van der Waals surface area contributed by atoms with Crippen molar-refractivity contribution in [2.45, 2.75) is 59.5 Å². The third-order valence-electron chi connectivity index (χ3n) is 6.07. The van der Waals surface area contributed by atoms with E-state index in [0.29, 0.717) is 24.3 Å². The second-order valence-electron chi connectivity index (χ2n) is 8.45. The highest BCUT2D eigenvalue weighted by Gasteiger charge is 2.32. The van der Waals surface area contributed by atoms with E-state index in [1.54, 1.807) is 11.8 Å². The molecule has 0 bridgehead atoms. The second kappa shape index (κ2) is 8.42. The Morgan fingerprint density at radius 1 is 1.30 bits per heavy atom. The molecule has 148 valence electrons. The van der Waals surface area contributed by atoms with Crippen LogP contribution in [0.4, 0.5) is 11.4 Å². The SMILES string of the molecule is CC(=O)N1CCc2c(NC(=O)COC3CC(C)CCC3C(C)C)cccc21. The maximum atomic E-state index is 12.5. The normalized spacial score (nSPS) is 24.8. The molecule has 3 unspecified atom stereocenters. The van der Waals surface area contributed by atoms with Gasteiger partial charge in [-0.2, -0.15) is 0 Å². The standard InChI is InChI=1S/C22H32N2O3/c1-14(2)17-9-8-15(3)12-21(17)27-13-22(26)23-19-6-5-7-20-18(19)10-11-24(20)16(4)25/h5-7,14-15,17,21H,8-13H2,1-4H3,(H,23,26). The minimum Gasteiger partial charge on any atom is -0.368 e. The predicted molar refractivity (Wildman–Crippen MR) is 108 cm³/mol. The lowest BCUT2D eigenvalue weighted by molar-refractivity contribution is -0.126. The summed E-state index contributed by atoms with van der Waals surface area (Å²) in [6.07, 6.45) is 4.39. The molecule has 0 saturated heterocycles. The Labute approximate surface area is 162 Å². The van der Waals surface area contributed by atoms with Gasteiger partial charge >= 0.3 is 0 Å². The lowest BCUT2D eigenvalue weighted by Gasteiger charge is -2.37. The largest absolute Gasteiger partial charge is 0.368 e. The number of rotatable bonds is 5. The molecular formula is C22H32N2O3. The summed E-state index contributed by atoms with van der Waals surface area (Å²) in [7, 11) is 0. The highest BCUT2D eigenvalue weighted by atomic mass is 16.5. The average molecular weight is 373 g/mol. The van der Waals surface area contributed by atoms with Gasteiger partial charge in [0.1, 0.15) is 6.61 Å². The summed E-state index contributed by atoms with van der Waals surface area (Å²) in [5.41, 5.74) is 2.73. The molecule has 1 N–H and O–H groups in total. The van der Waals surface area contributed by atoms with Crippen LogP contribution in [0.15, 0.2) is 18.2 Å². The number of carbonyl (C=O) groups is 2. The Kier molecular flexibility index (Phi) is 6.20. The van der Waals surface area contributed by atoms with E-state index in [-0.39, 0.29) is 24.5 Å². The van der Waals surface area contributed by atoms with E-state index in [1.165, 1.54) is 12.8 Å². The molecule has 1 saturated carbocycles. The lowest BCUT2D eigenvalue weighted by atomic mass is 9.75. The Morgan fingerprint density at radius 3 is 2.78 bits per heavy atom. The summed E-state index contributed by atoms with van der Waals surface area (Å²) in [6.45, 7) is 9.08. The number of benzene rings is 1. The van der Waals surface area contributed by atoms with Crippen LogP contribution in [0.5, 0.6) is 0 Å². The number of ether oxygens (including phenoxy) is 1. The van der Waals surface area contributed by atoms with Crippen LogP contribution in [0.2, 0.25) is 0 Å². The molecule has 0 spiro atoms. The molecule has 3 atom stereocenters. The van der Waals surface area contributed by atoms with Gasteiger partial charge in [0.15, 0.2) is 0 Å². The summed E-state index contributed by atoms with van der Waals surface area (Å²) < 4.78 is 6.06. The van der Waals surface area contributed by atoms with Crippen molar-refractivity contribution in [2.24, 2.45) is 17.8 Å². The summed E-state index contributed by atoms with van der Waals surface area (Å²) in [5, 5.41) is 2.99. The Hall–Kier alpha value is -1.88. The molecule has 0 radical (unpaired) electrons. The average Bonchev–Trinajstić information content (AvgIpc) is 3.05. The third-order valence-corrected chi connectivity index (χ3v) is 6.07. The van der Waals surface area contributed by atoms with E-state index in [0.717, 1.165) is 29.8 Å². The predicted octanol–water partition coefficient (Wildman–Crippen LogP) is 4.01. The van der Waals surface area contributed by atoms with Gasteiger partial charge in [0.2, 0.25) is 11.8 Å². The van der Waals surface area contributed by atoms with Crippen molar-refractivity contribution >= 4 is 23.2 Å². The van der Waals surface area contributed by atoms with E-state index < -0.39 is 0 Å². The number of amides is 2. The van der Waals surface area contributed by atoms with Crippen LogP contribution >= 0.6 is 0 Å². The fourth-order valence-corrected chi connectivity index (χ4v) is 4.55. The van der Waals surface area contributed by atoms with Crippen molar-refractivity contribution in [1.29, 1.82) is 0 Å². The van der Waals surface area contributed by atoms with E-state index in [2.05, 4.69) is 26.1 Å². The molecule has 27 heavy (non-hydrogen) atoms. The summed E-state index contributed by atoms with van der Waals surface area (Å²) >= 11 is 0. The molecule has 2 aliphatic rings. The van der Waals surface area contributed by atoms with Gasteiger partial charge in [-0.3, -0.25) is 9.59 Å². The van der Waals surface area contributed by atoms with Crippen LogP contribution in [-0.4, -0.2) is 31.1 Å². The molecule has 1 heterocycles. The monoisotopic (exact) mass is 372 g/mol. The van der Waals surface area contributed by atoms with Gasteiger partial charge in [0.05, 0.1) is 6.10 Å². The molecule has 1 aliphatic carbocycles. The number of carbonyl (C=O) groups excluding carboxylic acids is 2. The Balaban J connectivity index is 1.61. The van der Waals surface area contributed by atoms with Crippen molar-refractivity contribution in [3.8, 4) is 0 Å². The maximum absolute atomic E-state index is 12.5. The number of fused-ring (bicyclic) bond motifs is 1. The van der Waals surface area contributed by atoms with Crippen molar-refractivity contribution in [3.63, 3.8) is 0 Å². The van der Waals surface area contributed by atoms with E-state index in [9.17, 15) is 9.59 Å². The first-order valence-corrected chi connectivity index (χ1v) is 10.2. The molecule has 1 aromatic carbocycles. The van der Waals surface area contributed by atoms with Gasteiger partial charge in [-0.25, -0.2) is 0 Å². The van der Waals surface area contributed by atoms with Gasteiger partial charge in [-0.15, -0.1) is 0 Å². The van der Waals surface area contributed by atoms with E-state index in [1.807, 2.05) is 18.2 Å². The van der Waals surface area contributed by atoms with Crippen molar-refractivity contribution in [1.82, 2.24) is 0 Å². The topological polar surface area (TPSA) is 58.6 Å². The minimum atomic E-state index is -0.120. The first-order chi connectivity index (χ1) is 12.9. The highest BCUT2D eigenvalue weighted by molar-refractivity contribution is 5.98. The molecule has 1 aromatic rings. The van der Waals surface area contributed by atoms with E-state index >= 15 is 0 Å². The number of hydrogen-bond donors (Lipinski definition) is 1. The lowest BCUT2D eigenvalue weighted by Crippen LogP contribution is -2.36. The number of nitrogens with one attached hydrogen (secondary N) is 1. The van der Waals surface area contributed by atoms with Gasteiger partial charge < -0.3 is 15.0 Å². The first-order valence-electron chi connectivity index (χ1n) is 10.2. The molecule has 5 nitrogen and oxygen atoms in total. The number of hydrogen-bond acceptors (Lipinski definition) is 3. The fourth-order valence-electron chi connectivity index (χ4n) is 4.55. The van der Waals surface area contributed by atoms with Crippen LogP contribution in [0.3, 0.4) is 0 Å². The van der Waals surface area contributed by atoms with Crippen LogP contribution in [0, 0.1) is 17.8 Å². The fraction of sp³-hybridized carbons (Fsp3) is 0.636. The first kappa shape index (κ1) is 19.9. The minimum absolute atomic E-state index is 0.0340. The number of anilines is 2. The van der Waals surface area contributed by atoms with Crippen molar-refractivity contribution in [2.75, 3.05) is 23.4 Å². The maximum Gasteiger partial charge on any atom is 0.250 e. The molecule has 0 aromatic heterocycles. The van der Waals surface area contributed by atoms with Gasteiger partial charge in [0.25, 0.3) is 0 Å². The second-order valence-corrected chi connectivity index (χ2v) is 8.45. The van der Waals surface area contributed by atoms with Crippen molar-refractivity contribution < 1.29 is 14.3 Å². The highest BCUT2D eigenvalue weighted by Crippen LogP contribution is 2.36. The van der Waals surface area contributed by atoms with E-state index in [4.69, 9.17) is 4.74 Å². The Bertz CT molecular complexity index is 701. The summed E-state index contributed by atoms with van der Waals surface area (Å²) in [4.78, 5) is 26.0. The van der Waals surface area contributed by atoms with Crippen LogP contribution in [0.25, 0.3) is 0 Å². The van der Waals surface area contributed by atoms with Gasteiger partial charge in [0, 0.05) is 30.4 Å². The third kappa shape index (κ3) is 4.52. The smallest absolute Gasteiger partial charge is 0.250 e. The van der Waals surface area contributed by atoms with Crippen LogP contribution < -0.4 is 10.2 Å².